The second kappa shape index (κ2) is 8.38. The fourth-order valence-corrected chi connectivity index (χ4v) is 4.17. The van der Waals surface area contributed by atoms with Gasteiger partial charge in [0.1, 0.15) is 5.75 Å². The van der Waals surface area contributed by atoms with Crippen molar-refractivity contribution in [3.8, 4) is 5.75 Å². The van der Waals surface area contributed by atoms with E-state index in [1.54, 1.807) is 23.1 Å². The van der Waals surface area contributed by atoms with E-state index in [0.29, 0.717) is 23.9 Å². The van der Waals surface area contributed by atoms with Gasteiger partial charge in [-0.05, 0) is 49.5 Å². The average molecular weight is 424 g/mol. The Kier molecular flexibility index (Phi) is 6.12. The van der Waals surface area contributed by atoms with Crippen LogP contribution in [0.2, 0.25) is 5.02 Å². The summed E-state index contributed by atoms with van der Waals surface area (Å²) in [6.07, 6.45) is 0. The predicted molar refractivity (Wildman–Crippen MR) is 109 cm³/mol. The Bertz CT molecular complexity index is 956. The molecule has 150 valence electrons. The number of amides is 1. The number of carbonyl (C=O) groups is 1. The van der Waals surface area contributed by atoms with E-state index in [1.807, 2.05) is 7.05 Å². The van der Waals surface area contributed by atoms with Gasteiger partial charge in [0.05, 0.1) is 23.3 Å². The van der Waals surface area contributed by atoms with Crippen LogP contribution in [0.3, 0.4) is 0 Å². The minimum atomic E-state index is -3.87. The van der Waals surface area contributed by atoms with Crippen LogP contribution in [0, 0.1) is 0 Å². The van der Waals surface area contributed by atoms with Crippen molar-refractivity contribution in [2.75, 3.05) is 45.1 Å². The van der Waals surface area contributed by atoms with Gasteiger partial charge in [0, 0.05) is 31.2 Å². The molecule has 7 nitrogen and oxygen atoms in total. The summed E-state index contributed by atoms with van der Waals surface area (Å²) in [5, 5.41) is 0.366. The van der Waals surface area contributed by atoms with Crippen molar-refractivity contribution in [3.63, 3.8) is 0 Å². The Labute approximate surface area is 169 Å². The molecule has 0 radical (unpaired) electrons. The molecule has 1 fully saturated rings. The largest absolute Gasteiger partial charge is 0.497 e. The molecule has 1 saturated heterocycles. The minimum absolute atomic E-state index is 0.0706. The first kappa shape index (κ1) is 20.4. The van der Waals surface area contributed by atoms with Gasteiger partial charge in [0.15, 0.2) is 0 Å². The molecule has 0 spiro atoms. The number of rotatable bonds is 5. The summed E-state index contributed by atoms with van der Waals surface area (Å²) >= 11 is 6.07. The molecule has 0 saturated carbocycles. The van der Waals surface area contributed by atoms with Gasteiger partial charge in [-0.25, -0.2) is 8.42 Å². The maximum absolute atomic E-state index is 13.0. The summed E-state index contributed by atoms with van der Waals surface area (Å²) in [6.45, 7) is 2.68. The molecule has 0 aliphatic carbocycles. The third-order valence-corrected chi connectivity index (χ3v) is 6.23. The summed E-state index contributed by atoms with van der Waals surface area (Å²) in [5.41, 5.74) is 0.429. The summed E-state index contributed by atoms with van der Waals surface area (Å²) in [5.74, 6) is 0.305. The Balaban J connectivity index is 1.88. The van der Waals surface area contributed by atoms with Gasteiger partial charge in [-0.3, -0.25) is 9.52 Å². The van der Waals surface area contributed by atoms with Crippen molar-refractivity contribution in [2.24, 2.45) is 0 Å². The van der Waals surface area contributed by atoms with E-state index in [-0.39, 0.29) is 22.1 Å². The van der Waals surface area contributed by atoms with E-state index in [2.05, 4.69) is 9.62 Å². The molecular weight excluding hydrogens is 402 g/mol. The molecule has 0 unspecified atom stereocenters. The van der Waals surface area contributed by atoms with Crippen LogP contribution in [0.4, 0.5) is 5.69 Å². The van der Waals surface area contributed by atoms with Crippen molar-refractivity contribution in [1.29, 1.82) is 0 Å². The number of likely N-dealkylation sites (N-methyl/N-ethyl adjacent to an activating group) is 1. The molecule has 0 aromatic heterocycles. The Morgan fingerprint density at radius 3 is 2.32 bits per heavy atom. The monoisotopic (exact) mass is 423 g/mol. The summed E-state index contributed by atoms with van der Waals surface area (Å²) in [4.78, 5) is 16.9. The second-order valence-electron chi connectivity index (χ2n) is 6.57. The van der Waals surface area contributed by atoms with Gasteiger partial charge < -0.3 is 14.5 Å². The molecule has 3 rings (SSSR count). The fraction of sp³-hybridized carbons (Fsp3) is 0.316. The molecule has 1 N–H and O–H groups in total. The highest BCUT2D eigenvalue weighted by atomic mass is 35.5. The standard InChI is InChI=1S/C19H22ClN3O4S/c1-22-9-11-23(12-10-22)19(24)17-13-14(20)3-8-18(17)21-28(25,26)16-6-4-15(27-2)5-7-16/h3-8,13,21H,9-12H2,1-2H3. The maximum atomic E-state index is 13.0. The average Bonchev–Trinajstić information content (AvgIpc) is 2.69. The van der Waals surface area contributed by atoms with Crippen LogP contribution < -0.4 is 9.46 Å². The molecule has 28 heavy (non-hydrogen) atoms. The number of halogens is 1. The molecule has 0 atom stereocenters. The maximum Gasteiger partial charge on any atom is 0.261 e. The van der Waals surface area contributed by atoms with E-state index < -0.39 is 10.0 Å². The van der Waals surface area contributed by atoms with Crippen LogP contribution in [0.15, 0.2) is 47.4 Å². The van der Waals surface area contributed by atoms with Gasteiger partial charge in [0.25, 0.3) is 15.9 Å². The lowest BCUT2D eigenvalue weighted by molar-refractivity contribution is 0.0665. The third-order valence-electron chi connectivity index (χ3n) is 4.62. The number of hydrogen-bond acceptors (Lipinski definition) is 5. The van der Waals surface area contributed by atoms with Crippen molar-refractivity contribution in [3.05, 3.63) is 53.1 Å². The number of nitrogens with zero attached hydrogens (tertiary/aromatic N) is 2. The number of piperazine rings is 1. The van der Waals surface area contributed by atoms with Crippen LogP contribution in [0.1, 0.15) is 10.4 Å². The SMILES string of the molecule is COc1ccc(S(=O)(=O)Nc2ccc(Cl)cc2C(=O)N2CCN(C)CC2)cc1. The fourth-order valence-electron chi connectivity index (χ4n) is 2.92. The van der Waals surface area contributed by atoms with Crippen LogP contribution in [0.5, 0.6) is 5.75 Å². The van der Waals surface area contributed by atoms with Crippen LogP contribution in [0.25, 0.3) is 0 Å². The normalized spacial score (nSPS) is 15.3. The van der Waals surface area contributed by atoms with Gasteiger partial charge >= 0.3 is 0 Å². The number of methoxy groups -OCH3 is 1. The second-order valence-corrected chi connectivity index (χ2v) is 8.69. The molecule has 0 bridgehead atoms. The molecule has 1 aliphatic heterocycles. The van der Waals surface area contributed by atoms with Crippen LogP contribution >= 0.6 is 11.6 Å². The molecule has 1 heterocycles. The van der Waals surface area contributed by atoms with Crippen molar-refractivity contribution < 1.29 is 17.9 Å². The molecule has 2 aromatic rings. The van der Waals surface area contributed by atoms with Crippen LogP contribution in [-0.2, 0) is 10.0 Å². The summed E-state index contributed by atoms with van der Waals surface area (Å²) < 4.78 is 33.1. The van der Waals surface area contributed by atoms with E-state index in [0.717, 1.165) is 13.1 Å². The third kappa shape index (κ3) is 4.57. The van der Waals surface area contributed by atoms with E-state index in [9.17, 15) is 13.2 Å². The highest BCUT2D eigenvalue weighted by Crippen LogP contribution is 2.26. The van der Waals surface area contributed by atoms with Gasteiger partial charge in [-0.2, -0.15) is 0 Å². The highest BCUT2D eigenvalue weighted by molar-refractivity contribution is 7.92. The molecule has 2 aromatic carbocycles. The van der Waals surface area contributed by atoms with Gasteiger partial charge in [-0.15, -0.1) is 0 Å². The van der Waals surface area contributed by atoms with Crippen molar-refractivity contribution >= 4 is 33.2 Å². The Morgan fingerprint density at radius 2 is 1.71 bits per heavy atom. The first-order chi connectivity index (χ1) is 13.3. The minimum Gasteiger partial charge on any atom is -0.497 e. The lowest BCUT2D eigenvalue weighted by Crippen LogP contribution is -2.47. The number of benzene rings is 2. The zero-order valence-corrected chi connectivity index (χ0v) is 17.3. The lowest BCUT2D eigenvalue weighted by Gasteiger charge is -2.32. The Hall–Kier alpha value is -2.29. The van der Waals surface area contributed by atoms with Gasteiger partial charge in [0.2, 0.25) is 0 Å². The number of sulfonamides is 1. The van der Waals surface area contributed by atoms with Gasteiger partial charge in [-0.1, -0.05) is 11.6 Å². The van der Waals surface area contributed by atoms with Crippen molar-refractivity contribution in [2.45, 2.75) is 4.90 Å². The number of nitrogens with one attached hydrogen (secondary N) is 1. The number of anilines is 1. The van der Waals surface area contributed by atoms with E-state index in [4.69, 9.17) is 16.3 Å². The number of carbonyl (C=O) groups excluding carboxylic acids is 1. The van der Waals surface area contributed by atoms with Crippen molar-refractivity contribution in [1.82, 2.24) is 9.80 Å². The molecule has 9 heteroatoms. The highest BCUT2D eigenvalue weighted by Gasteiger charge is 2.25. The number of ether oxygens (including phenoxy) is 1. The zero-order chi connectivity index (χ0) is 20.3. The van der Waals surface area contributed by atoms with E-state index in [1.165, 1.54) is 31.4 Å². The molecule has 1 aliphatic rings. The predicted octanol–water partition coefficient (Wildman–Crippen LogP) is 2.54. The zero-order valence-electron chi connectivity index (χ0n) is 15.7. The molecular formula is C19H22ClN3O4S. The van der Waals surface area contributed by atoms with E-state index >= 15 is 0 Å². The lowest BCUT2D eigenvalue weighted by atomic mass is 10.1. The molecule has 1 amide bonds. The quantitative estimate of drug-likeness (QED) is 0.799. The summed E-state index contributed by atoms with van der Waals surface area (Å²) in [6, 6.07) is 10.6. The Morgan fingerprint density at radius 1 is 1.07 bits per heavy atom. The first-order valence-corrected chi connectivity index (χ1v) is 10.6. The van der Waals surface area contributed by atoms with Crippen LogP contribution in [-0.4, -0.2) is 64.5 Å². The first-order valence-electron chi connectivity index (χ1n) is 8.74. The number of hydrogen-bond donors (Lipinski definition) is 1. The topological polar surface area (TPSA) is 78.9 Å². The smallest absolute Gasteiger partial charge is 0.261 e. The summed E-state index contributed by atoms with van der Waals surface area (Å²) in [7, 11) is -0.373.